The third kappa shape index (κ3) is 7.08. The number of esters is 1. The average Bonchev–Trinajstić information content (AvgIpc) is 3.26. The van der Waals surface area contributed by atoms with Crippen molar-refractivity contribution in [3.63, 3.8) is 0 Å². The molecule has 7 nitrogen and oxygen atoms in total. The van der Waals surface area contributed by atoms with Crippen LogP contribution in [0.4, 0.5) is 5.69 Å². The maximum atomic E-state index is 12.9. The van der Waals surface area contributed by atoms with Crippen LogP contribution >= 0.6 is 0 Å². The van der Waals surface area contributed by atoms with Crippen LogP contribution in [0.3, 0.4) is 0 Å². The summed E-state index contributed by atoms with van der Waals surface area (Å²) < 4.78 is 7.91. The van der Waals surface area contributed by atoms with Crippen molar-refractivity contribution in [3.8, 4) is 11.1 Å². The predicted molar refractivity (Wildman–Crippen MR) is 162 cm³/mol. The van der Waals surface area contributed by atoms with Crippen LogP contribution < -0.4 is 5.32 Å². The lowest BCUT2D eigenvalue weighted by molar-refractivity contribution is -0.126. The van der Waals surface area contributed by atoms with Gasteiger partial charge in [0.1, 0.15) is 11.4 Å². The highest BCUT2D eigenvalue weighted by atomic mass is 16.6. The quantitative estimate of drug-likeness (QED) is 0.231. The van der Waals surface area contributed by atoms with E-state index >= 15 is 0 Å². The molecule has 0 atom stereocenters. The van der Waals surface area contributed by atoms with Crippen LogP contribution in [0.25, 0.3) is 22.2 Å². The Morgan fingerprint density at radius 3 is 2.40 bits per heavy atom. The Bertz CT molecular complexity index is 1480. The number of carbonyl (C=O) groups is 2. The van der Waals surface area contributed by atoms with E-state index in [1.807, 2.05) is 57.2 Å². The number of imidazole rings is 1. The number of rotatable bonds is 10. The van der Waals surface area contributed by atoms with Crippen LogP contribution in [0.2, 0.25) is 0 Å². The molecule has 0 saturated heterocycles. The minimum atomic E-state index is -0.561. The summed E-state index contributed by atoms with van der Waals surface area (Å²) in [4.78, 5) is 31.5. The number of unbranched alkanes of at least 4 members (excludes halogenated alkanes) is 1. The lowest BCUT2D eigenvalue weighted by Gasteiger charge is -2.20. The van der Waals surface area contributed by atoms with Crippen LogP contribution in [-0.4, -0.2) is 52.6 Å². The second-order valence-electron chi connectivity index (χ2n) is 11.3. The fourth-order valence-corrected chi connectivity index (χ4v) is 4.54. The smallest absolute Gasteiger partial charge is 0.339 e. The molecule has 3 aromatic carbocycles. The molecule has 1 heterocycles. The summed E-state index contributed by atoms with van der Waals surface area (Å²) in [6, 6.07) is 22.0. The number of fused-ring (bicyclic) bond motifs is 1. The first-order chi connectivity index (χ1) is 19.1. The van der Waals surface area contributed by atoms with Gasteiger partial charge >= 0.3 is 5.97 Å². The normalized spacial score (nSPS) is 11.4. The van der Waals surface area contributed by atoms with Gasteiger partial charge < -0.3 is 19.5 Å². The second kappa shape index (κ2) is 12.4. The SMILES string of the molecule is CCCCc1nc2ccc(NCC(=O)N(C)C)cc2n1Cc1ccc(-c2ccccc2C(=O)OC(C)(C)C)cc1. The van der Waals surface area contributed by atoms with Crippen molar-refractivity contribution in [3.05, 3.63) is 83.7 Å². The topological polar surface area (TPSA) is 76.5 Å². The van der Waals surface area contributed by atoms with Crippen molar-refractivity contribution in [2.45, 2.75) is 59.1 Å². The number of likely N-dealkylation sites (N-methyl/N-ethyl adjacent to an activating group) is 1. The van der Waals surface area contributed by atoms with Crippen LogP contribution in [0.1, 0.15) is 62.3 Å². The first kappa shape index (κ1) is 28.9. The molecule has 4 rings (SSSR count). The molecule has 0 aliphatic heterocycles. The van der Waals surface area contributed by atoms with E-state index < -0.39 is 5.60 Å². The highest BCUT2D eigenvalue weighted by Crippen LogP contribution is 2.28. The van der Waals surface area contributed by atoms with E-state index in [-0.39, 0.29) is 18.4 Å². The lowest BCUT2D eigenvalue weighted by Crippen LogP contribution is -2.28. The number of ether oxygens (including phenoxy) is 1. The molecular weight excluding hydrogens is 500 g/mol. The van der Waals surface area contributed by atoms with Crippen molar-refractivity contribution in [2.75, 3.05) is 26.0 Å². The molecule has 0 aliphatic rings. The van der Waals surface area contributed by atoms with Crippen molar-refractivity contribution in [2.24, 2.45) is 0 Å². The zero-order valence-electron chi connectivity index (χ0n) is 24.5. The number of amides is 1. The average molecular weight is 541 g/mol. The summed E-state index contributed by atoms with van der Waals surface area (Å²) in [5.74, 6) is 0.748. The van der Waals surface area contributed by atoms with Gasteiger partial charge in [0, 0.05) is 32.7 Å². The van der Waals surface area contributed by atoms with Crippen molar-refractivity contribution < 1.29 is 14.3 Å². The molecular formula is C33H40N4O3. The minimum absolute atomic E-state index is 0.0190. The van der Waals surface area contributed by atoms with Gasteiger partial charge in [0.25, 0.3) is 0 Å². The van der Waals surface area contributed by atoms with E-state index in [0.717, 1.165) is 58.5 Å². The Labute approximate surface area is 237 Å². The molecule has 0 bridgehead atoms. The van der Waals surface area contributed by atoms with Gasteiger partial charge in [-0.1, -0.05) is 55.8 Å². The van der Waals surface area contributed by atoms with Gasteiger partial charge in [-0.15, -0.1) is 0 Å². The zero-order valence-corrected chi connectivity index (χ0v) is 24.5. The first-order valence-corrected chi connectivity index (χ1v) is 13.9. The standard InChI is InChI=1S/C33H40N4O3/c1-7-8-13-30-35-28-19-18-25(34-21-31(38)36(5)6)20-29(28)37(30)22-23-14-16-24(17-15-23)26-11-9-10-12-27(26)32(39)40-33(2,3)4/h9-12,14-20,34H,7-8,13,21-22H2,1-6H3. The highest BCUT2D eigenvalue weighted by Gasteiger charge is 2.21. The molecule has 210 valence electrons. The molecule has 0 radical (unpaired) electrons. The van der Waals surface area contributed by atoms with Crippen molar-refractivity contribution >= 4 is 28.6 Å². The number of benzene rings is 3. The largest absolute Gasteiger partial charge is 0.456 e. The number of aryl methyl sites for hydroxylation is 1. The summed E-state index contributed by atoms with van der Waals surface area (Å²) in [6.07, 6.45) is 3.05. The molecule has 0 saturated carbocycles. The van der Waals surface area contributed by atoms with Gasteiger partial charge in [-0.3, -0.25) is 4.79 Å². The predicted octanol–water partition coefficient (Wildman–Crippen LogP) is 6.55. The van der Waals surface area contributed by atoms with Gasteiger partial charge in [0.05, 0.1) is 23.1 Å². The summed E-state index contributed by atoms with van der Waals surface area (Å²) >= 11 is 0. The Balaban J connectivity index is 1.62. The maximum absolute atomic E-state index is 12.9. The van der Waals surface area contributed by atoms with Gasteiger partial charge in [0.15, 0.2) is 0 Å². The van der Waals surface area contributed by atoms with E-state index in [1.165, 1.54) is 0 Å². The van der Waals surface area contributed by atoms with Crippen LogP contribution in [0, 0.1) is 0 Å². The van der Waals surface area contributed by atoms with E-state index in [9.17, 15) is 9.59 Å². The number of nitrogens with zero attached hydrogens (tertiary/aromatic N) is 3. The first-order valence-electron chi connectivity index (χ1n) is 13.9. The molecule has 1 N–H and O–H groups in total. The number of nitrogens with one attached hydrogen (secondary N) is 1. The van der Waals surface area contributed by atoms with E-state index in [4.69, 9.17) is 9.72 Å². The molecule has 0 spiro atoms. The number of hydrogen-bond acceptors (Lipinski definition) is 5. The molecule has 7 heteroatoms. The van der Waals surface area contributed by atoms with Gasteiger partial charge in [-0.2, -0.15) is 0 Å². The summed E-state index contributed by atoms with van der Waals surface area (Å²) in [5, 5.41) is 3.25. The number of anilines is 1. The third-order valence-electron chi connectivity index (χ3n) is 6.68. The second-order valence-corrected chi connectivity index (χ2v) is 11.3. The molecule has 0 unspecified atom stereocenters. The van der Waals surface area contributed by atoms with Crippen molar-refractivity contribution in [1.29, 1.82) is 0 Å². The highest BCUT2D eigenvalue weighted by molar-refractivity contribution is 5.97. The zero-order chi connectivity index (χ0) is 28.9. The van der Waals surface area contributed by atoms with E-state index in [2.05, 4.69) is 47.1 Å². The number of hydrogen-bond donors (Lipinski definition) is 1. The van der Waals surface area contributed by atoms with Gasteiger partial charge in [0.2, 0.25) is 5.91 Å². The number of carbonyl (C=O) groups excluding carboxylic acids is 2. The van der Waals surface area contributed by atoms with Crippen molar-refractivity contribution in [1.82, 2.24) is 14.5 Å². The Kier molecular flexibility index (Phi) is 8.93. The summed E-state index contributed by atoms with van der Waals surface area (Å²) in [5.41, 5.74) is 5.81. The number of aromatic nitrogens is 2. The molecule has 1 aromatic heterocycles. The molecule has 40 heavy (non-hydrogen) atoms. The van der Waals surface area contributed by atoms with Crippen LogP contribution in [0.5, 0.6) is 0 Å². The van der Waals surface area contributed by atoms with Crippen LogP contribution in [-0.2, 0) is 22.5 Å². The van der Waals surface area contributed by atoms with E-state index in [0.29, 0.717) is 12.1 Å². The molecule has 4 aromatic rings. The monoisotopic (exact) mass is 540 g/mol. The maximum Gasteiger partial charge on any atom is 0.339 e. The molecule has 0 aliphatic carbocycles. The summed E-state index contributed by atoms with van der Waals surface area (Å²) in [6.45, 7) is 8.72. The Morgan fingerprint density at radius 1 is 1.00 bits per heavy atom. The lowest BCUT2D eigenvalue weighted by atomic mass is 9.98. The van der Waals surface area contributed by atoms with E-state index in [1.54, 1.807) is 19.0 Å². The Hall–Kier alpha value is -4.13. The Morgan fingerprint density at radius 2 is 1.73 bits per heavy atom. The van der Waals surface area contributed by atoms with Gasteiger partial charge in [-0.25, -0.2) is 9.78 Å². The molecule has 1 amide bonds. The summed E-state index contributed by atoms with van der Waals surface area (Å²) in [7, 11) is 3.51. The fraction of sp³-hybridized carbons (Fsp3) is 0.364. The minimum Gasteiger partial charge on any atom is -0.456 e. The molecule has 0 fully saturated rings. The van der Waals surface area contributed by atoms with Gasteiger partial charge in [-0.05, 0) is 68.1 Å². The van der Waals surface area contributed by atoms with Crippen LogP contribution in [0.15, 0.2) is 66.7 Å². The fourth-order valence-electron chi connectivity index (χ4n) is 4.54. The third-order valence-corrected chi connectivity index (χ3v) is 6.68.